The molecular weight excluding hydrogens is 611 g/mol. The SMILES string of the molecule is Cc1ccc(-c2ccccc2)n1-c1ccc(C(=O)N/N=C/c2ccc(OCc3ccccc3C#N)c(I)c2)cc1. The minimum Gasteiger partial charge on any atom is -0.488 e. The molecule has 0 spiro atoms. The van der Waals surface area contributed by atoms with Crippen molar-refractivity contribution in [2.75, 3.05) is 0 Å². The zero-order valence-corrected chi connectivity index (χ0v) is 23.9. The first kappa shape index (κ1) is 26.9. The molecule has 0 saturated carbocycles. The number of carbonyl (C=O) groups excluding carboxylic acids is 1. The van der Waals surface area contributed by atoms with Crippen LogP contribution in [0.15, 0.2) is 114 Å². The topological polar surface area (TPSA) is 79.4 Å². The van der Waals surface area contributed by atoms with Crippen molar-refractivity contribution in [1.82, 2.24) is 9.99 Å². The van der Waals surface area contributed by atoms with Crippen LogP contribution < -0.4 is 10.2 Å². The summed E-state index contributed by atoms with van der Waals surface area (Å²) in [5, 5.41) is 13.4. The Kier molecular flexibility index (Phi) is 8.38. The molecule has 6 nitrogen and oxygen atoms in total. The van der Waals surface area contributed by atoms with Crippen molar-refractivity contribution in [3.8, 4) is 28.8 Å². The number of aryl methyl sites for hydroxylation is 1. The van der Waals surface area contributed by atoms with E-state index >= 15 is 0 Å². The number of nitriles is 1. The number of hydrogen-bond donors (Lipinski definition) is 1. The van der Waals surface area contributed by atoms with Crippen LogP contribution in [-0.2, 0) is 6.61 Å². The van der Waals surface area contributed by atoms with Crippen LogP contribution in [0.4, 0.5) is 0 Å². The number of halogens is 1. The Bertz CT molecular complexity index is 1720. The van der Waals surface area contributed by atoms with Gasteiger partial charge in [-0.1, -0.05) is 48.5 Å². The van der Waals surface area contributed by atoms with Crippen LogP contribution in [0.25, 0.3) is 16.9 Å². The molecule has 0 unspecified atom stereocenters. The van der Waals surface area contributed by atoms with Gasteiger partial charge in [0.15, 0.2) is 0 Å². The molecule has 0 saturated heterocycles. The number of rotatable bonds is 8. The van der Waals surface area contributed by atoms with Gasteiger partial charge in [0.25, 0.3) is 5.91 Å². The third kappa shape index (κ3) is 6.14. The Morgan fingerprint density at radius 1 is 0.975 bits per heavy atom. The second kappa shape index (κ2) is 12.5. The maximum absolute atomic E-state index is 12.7. The Labute approximate surface area is 246 Å². The lowest BCUT2D eigenvalue weighted by molar-refractivity contribution is 0.0955. The summed E-state index contributed by atoms with van der Waals surface area (Å²) in [5.41, 5.74) is 9.69. The van der Waals surface area contributed by atoms with Crippen molar-refractivity contribution in [2.24, 2.45) is 5.10 Å². The summed E-state index contributed by atoms with van der Waals surface area (Å²) in [6.45, 7) is 2.37. The number of nitrogens with zero attached hydrogens (tertiary/aromatic N) is 3. The fourth-order valence-corrected chi connectivity index (χ4v) is 5.03. The largest absolute Gasteiger partial charge is 0.488 e. The highest BCUT2D eigenvalue weighted by molar-refractivity contribution is 14.1. The Morgan fingerprint density at radius 3 is 2.48 bits per heavy atom. The zero-order chi connectivity index (χ0) is 27.9. The number of amides is 1. The zero-order valence-electron chi connectivity index (χ0n) is 21.7. The number of ether oxygens (including phenoxy) is 1. The fourth-order valence-electron chi connectivity index (χ4n) is 4.33. The normalized spacial score (nSPS) is 10.8. The quantitative estimate of drug-likeness (QED) is 0.111. The summed E-state index contributed by atoms with van der Waals surface area (Å²) in [5.74, 6) is 0.420. The van der Waals surface area contributed by atoms with Crippen LogP contribution in [0, 0.1) is 21.8 Å². The number of carbonyl (C=O) groups is 1. The molecule has 0 aliphatic heterocycles. The van der Waals surface area contributed by atoms with Crippen LogP contribution in [0.2, 0.25) is 0 Å². The van der Waals surface area contributed by atoms with Gasteiger partial charge in [-0.15, -0.1) is 0 Å². The molecule has 0 aliphatic rings. The number of benzene rings is 4. The van der Waals surface area contributed by atoms with Gasteiger partial charge in [0.1, 0.15) is 12.4 Å². The molecule has 1 amide bonds. The Balaban J connectivity index is 1.21. The van der Waals surface area contributed by atoms with Gasteiger partial charge in [-0.25, -0.2) is 5.43 Å². The molecule has 0 aliphatic carbocycles. The summed E-state index contributed by atoms with van der Waals surface area (Å²) in [7, 11) is 0. The molecule has 4 aromatic carbocycles. The monoisotopic (exact) mass is 636 g/mol. The summed E-state index contributed by atoms with van der Waals surface area (Å²) >= 11 is 2.20. The lowest BCUT2D eigenvalue weighted by atomic mass is 10.1. The van der Waals surface area contributed by atoms with E-state index in [9.17, 15) is 10.1 Å². The molecule has 5 rings (SSSR count). The molecule has 1 heterocycles. The number of hydrazone groups is 1. The predicted octanol–water partition coefficient (Wildman–Crippen LogP) is 7.27. The fraction of sp³-hybridized carbons (Fsp3) is 0.0606. The van der Waals surface area contributed by atoms with E-state index in [1.165, 1.54) is 0 Å². The van der Waals surface area contributed by atoms with E-state index in [0.29, 0.717) is 23.5 Å². The molecule has 0 fully saturated rings. The van der Waals surface area contributed by atoms with E-state index in [0.717, 1.165) is 37.3 Å². The maximum Gasteiger partial charge on any atom is 0.271 e. The highest BCUT2D eigenvalue weighted by atomic mass is 127. The second-order valence-corrected chi connectivity index (χ2v) is 10.2. The summed E-state index contributed by atoms with van der Waals surface area (Å²) in [6, 6.07) is 37.1. The van der Waals surface area contributed by atoms with Crippen molar-refractivity contribution < 1.29 is 9.53 Å². The van der Waals surface area contributed by atoms with Gasteiger partial charge in [0.2, 0.25) is 0 Å². The average Bonchev–Trinajstić information content (AvgIpc) is 3.38. The molecule has 5 aromatic rings. The van der Waals surface area contributed by atoms with E-state index < -0.39 is 0 Å². The minimum atomic E-state index is -0.291. The second-order valence-electron chi connectivity index (χ2n) is 9.05. The van der Waals surface area contributed by atoms with Crippen molar-refractivity contribution >= 4 is 34.7 Å². The Morgan fingerprint density at radius 2 is 1.73 bits per heavy atom. The molecular formula is C33H25IN4O2. The smallest absolute Gasteiger partial charge is 0.271 e. The lowest BCUT2D eigenvalue weighted by Gasteiger charge is -2.12. The lowest BCUT2D eigenvalue weighted by Crippen LogP contribution is -2.17. The van der Waals surface area contributed by atoms with E-state index in [1.807, 2.05) is 66.7 Å². The molecule has 0 atom stereocenters. The van der Waals surface area contributed by atoms with Gasteiger partial charge in [-0.3, -0.25) is 4.79 Å². The van der Waals surface area contributed by atoms with Crippen molar-refractivity contribution in [2.45, 2.75) is 13.5 Å². The number of hydrogen-bond acceptors (Lipinski definition) is 4. The first-order chi connectivity index (χ1) is 19.5. The highest BCUT2D eigenvalue weighted by Crippen LogP contribution is 2.27. The molecule has 40 heavy (non-hydrogen) atoms. The number of nitrogens with one attached hydrogen (secondary N) is 1. The molecule has 0 bridgehead atoms. The van der Waals surface area contributed by atoms with Gasteiger partial charge in [-0.05, 0) is 101 Å². The standard InChI is InChI=1S/C33H25IN4O2/c1-23-11-17-31(25-7-3-2-4-8-25)38(23)29-15-13-26(14-16-29)33(39)37-36-21-24-12-18-32(30(34)19-24)40-22-28-10-6-5-9-27(28)20-35/h2-19,21H,22H2,1H3,(H,37,39)/b36-21+. The number of aromatic nitrogens is 1. The first-order valence-electron chi connectivity index (χ1n) is 12.6. The molecule has 196 valence electrons. The third-order valence-corrected chi connectivity index (χ3v) is 7.23. The van der Waals surface area contributed by atoms with Gasteiger partial charge in [-0.2, -0.15) is 10.4 Å². The Hall–Kier alpha value is -4.68. The van der Waals surface area contributed by atoms with Gasteiger partial charge in [0, 0.05) is 22.5 Å². The summed E-state index contributed by atoms with van der Waals surface area (Å²) < 4.78 is 8.99. The van der Waals surface area contributed by atoms with Gasteiger partial charge in [0.05, 0.1) is 27.1 Å². The van der Waals surface area contributed by atoms with Crippen LogP contribution in [0.1, 0.15) is 32.7 Å². The van der Waals surface area contributed by atoms with Crippen LogP contribution in [0.3, 0.4) is 0 Å². The third-order valence-electron chi connectivity index (χ3n) is 6.39. The van der Waals surface area contributed by atoms with E-state index in [2.05, 4.69) is 74.9 Å². The van der Waals surface area contributed by atoms with Crippen molar-refractivity contribution in [3.05, 3.63) is 141 Å². The summed E-state index contributed by atoms with van der Waals surface area (Å²) in [4.78, 5) is 12.7. The average molecular weight is 636 g/mol. The molecule has 1 N–H and O–H groups in total. The first-order valence-corrected chi connectivity index (χ1v) is 13.7. The summed E-state index contributed by atoms with van der Waals surface area (Å²) in [6.07, 6.45) is 1.60. The molecule has 0 radical (unpaired) electrons. The van der Waals surface area contributed by atoms with Crippen LogP contribution >= 0.6 is 22.6 Å². The minimum absolute atomic E-state index is 0.291. The highest BCUT2D eigenvalue weighted by Gasteiger charge is 2.11. The van der Waals surface area contributed by atoms with E-state index in [-0.39, 0.29) is 5.91 Å². The van der Waals surface area contributed by atoms with E-state index in [1.54, 1.807) is 24.4 Å². The van der Waals surface area contributed by atoms with Gasteiger partial charge >= 0.3 is 0 Å². The van der Waals surface area contributed by atoms with Crippen molar-refractivity contribution in [1.29, 1.82) is 5.26 Å². The van der Waals surface area contributed by atoms with E-state index in [4.69, 9.17) is 4.74 Å². The van der Waals surface area contributed by atoms with Crippen LogP contribution in [0.5, 0.6) is 5.75 Å². The molecule has 7 heteroatoms. The molecule has 1 aromatic heterocycles. The predicted molar refractivity (Wildman–Crippen MR) is 166 cm³/mol. The maximum atomic E-state index is 12.7. The van der Waals surface area contributed by atoms with Crippen LogP contribution in [-0.4, -0.2) is 16.7 Å². The van der Waals surface area contributed by atoms with Gasteiger partial charge < -0.3 is 9.30 Å². The van der Waals surface area contributed by atoms with Crippen molar-refractivity contribution in [3.63, 3.8) is 0 Å².